The minimum atomic E-state index is -0.218. The summed E-state index contributed by atoms with van der Waals surface area (Å²) in [5.41, 5.74) is 0. The first kappa shape index (κ1) is 61.0. The van der Waals surface area contributed by atoms with Gasteiger partial charge in [0.05, 0.1) is 0 Å². The van der Waals surface area contributed by atoms with Crippen LogP contribution in [0, 0.1) is 39.9 Å². The van der Waals surface area contributed by atoms with Gasteiger partial charge in [-0.3, -0.25) is 0 Å². The number of hydrogen-bond acceptors (Lipinski definition) is 3. The molecular weight excluding hydrogens is 847 g/mol. The molecule has 0 N–H and O–H groups in total. The second kappa shape index (κ2) is 42.3. The van der Waals surface area contributed by atoms with E-state index in [9.17, 15) is 0 Å². The Labute approximate surface area is 367 Å². The first-order valence-electron chi connectivity index (χ1n) is 20.7. The fraction of sp³-hybridized carbons (Fsp3) is 0.857. The summed E-state index contributed by atoms with van der Waals surface area (Å²) < 4.78 is 54.8. The molecule has 0 spiro atoms. The minimum Gasteiger partial charge on any atom is 4.00 e. The fourth-order valence-electron chi connectivity index (χ4n) is 9.85. The summed E-state index contributed by atoms with van der Waals surface area (Å²) in [7, 11) is 3.40. The zero-order chi connectivity index (χ0) is 40.4. The molecule has 14 heteroatoms. The topological polar surface area (TPSA) is 129 Å². The first-order valence-corrected chi connectivity index (χ1v) is 25.1. The van der Waals surface area contributed by atoms with Gasteiger partial charge in [-0.2, -0.15) is 0 Å². The molecule has 6 fully saturated rings. The molecule has 0 saturated heterocycles. The molecule has 0 amide bonds. The standard InChI is InChI=1S/C36H66N3P3.6CO.2Fe/c1-7-19-31(20-8-1)37(32-21-9-2-10-22-32)40-42(39(35-27-15-5-16-28-35)36-29-17-6-18-30-36)41-38(33-23-11-3-12-24-33)34-25-13-4-14-26-34;6*1-2;;/h31-36H,1-30H2;;;;;;;;/q-2;;;;;;;2*+4. The van der Waals surface area contributed by atoms with E-state index in [1.54, 1.807) is 0 Å². The van der Waals surface area contributed by atoms with E-state index in [1.165, 1.54) is 193 Å². The molecule has 6 rings (SSSR count). The van der Waals surface area contributed by atoms with Crippen LogP contribution in [0.2, 0.25) is 0 Å². The maximum atomic E-state index is 7.50. The van der Waals surface area contributed by atoms with Gasteiger partial charge in [0.25, 0.3) is 0 Å². The van der Waals surface area contributed by atoms with Gasteiger partial charge < -0.3 is 38.3 Å². The predicted molar refractivity (Wildman–Crippen MR) is 211 cm³/mol. The molecule has 0 aromatic carbocycles. The molecule has 310 valence electrons. The van der Waals surface area contributed by atoms with Crippen LogP contribution in [-0.2, 0) is 62.1 Å². The van der Waals surface area contributed by atoms with Gasteiger partial charge >= 0.3 is 102 Å². The van der Waals surface area contributed by atoms with Crippen molar-refractivity contribution in [3.63, 3.8) is 0 Å². The Morgan fingerprint density at radius 1 is 0.286 bits per heavy atom. The quantitative estimate of drug-likeness (QED) is 0.0885. The van der Waals surface area contributed by atoms with Crippen LogP contribution in [0.25, 0.3) is 0 Å². The van der Waals surface area contributed by atoms with Crippen LogP contribution in [0.4, 0.5) is 0 Å². The van der Waals surface area contributed by atoms with Crippen molar-refractivity contribution in [3.05, 3.63) is 39.9 Å². The Hall–Kier alpha value is 0.649. The van der Waals surface area contributed by atoms with Crippen molar-refractivity contribution in [1.82, 2.24) is 14.0 Å². The molecule has 0 heterocycles. The van der Waals surface area contributed by atoms with Crippen LogP contribution in [-0.4, -0.2) is 50.3 Å². The molecule has 6 aliphatic carbocycles. The molecule has 0 atom stereocenters. The van der Waals surface area contributed by atoms with E-state index >= 15 is 0 Å². The van der Waals surface area contributed by atoms with Gasteiger partial charge in [-0.05, 0) is 101 Å². The summed E-state index contributed by atoms with van der Waals surface area (Å²) in [5, 5.41) is 0. The van der Waals surface area contributed by atoms with Crippen molar-refractivity contribution >= 4 is 24.3 Å². The predicted octanol–water partition coefficient (Wildman–Crippen LogP) is 12.6. The minimum absolute atomic E-state index is 0. The van der Waals surface area contributed by atoms with Crippen LogP contribution in [0.5, 0.6) is 0 Å². The van der Waals surface area contributed by atoms with Crippen LogP contribution >= 0.6 is 24.3 Å². The smallest absolute Gasteiger partial charge is 4.00 e. The third kappa shape index (κ3) is 22.0. The van der Waals surface area contributed by atoms with Crippen molar-refractivity contribution in [2.75, 3.05) is 0 Å². The third-order valence-electron chi connectivity index (χ3n) is 12.3. The average Bonchev–Trinajstić information content (AvgIpc) is 3.30. The molecule has 0 bridgehead atoms. The number of nitrogens with zero attached hydrogens (tertiary/aromatic N) is 3. The summed E-state index contributed by atoms with van der Waals surface area (Å²) in [6.07, 6.45) is 44.8. The summed E-state index contributed by atoms with van der Waals surface area (Å²) in [5.74, 6) is 0. The monoisotopic (exact) mass is 913 g/mol. The van der Waals surface area contributed by atoms with Gasteiger partial charge in [-0.25, -0.2) is 0 Å². The van der Waals surface area contributed by atoms with E-state index < -0.39 is 0 Å². The Morgan fingerprint density at radius 3 is 0.625 bits per heavy atom. The van der Waals surface area contributed by atoms with Crippen molar-refractivity contribution in [2.24, 2.45) is 0 Å². The normalized spacial score (nSPS) is 22.1. The number of rotatable bonds is 11. The molecule has 6 saturated carbocycles. The van der Waals surface area contributed by atoms with E-state index in [0.29, 0.717) is 0 Å². The molecule has 6 aliphatic rings. The SMILES string of the molecule is C1CCC(N([P-]P([P-]N(C2CCCCC2)C2CCCCC2)N(C2CCCCC2)C2CCCCC2)C2CCCCC2)CC1.[C-]#[O+].[C-]#[O+].[C-]#[O+].[C-]#[O+].[C-]#[O+].[C-]#[O+].[Fe+4].[Fe+4]. The van der Waals surface area contributed by atoms with Gasteiger partial charge in [-0.1, -0.05) is 116 Å². The molecule has 0 aromatic heterocycles. The Kier molecular flexibility index (Phi) is 46.1. The van der Waals surface area contributed by atoms with Gasteiger partial charge in [0.15, 0.2) is 0 Å². The van der Waals surface area contributed by atoms with Crippen molar-refractivity contribution < 1.29 is 62.1 Å². The van der Waals surface area contributed by atoms with Gasteiger partial charge in [0.1, 0.15) is 0 Å². The van der Waals surface area contributed by atoms with Gasteiger partial charge in [0.2, 0.25) is 0 Å². The van der Waals surface area contributed by atoms with Crippen LogP contribution < -0.4 is 0 Å². The zero-order valence-corrected chi connectivity index (χ0v) is 38.4. The summed E-state index contributed by atoms with van der Waals surface area (Å²) in [6, 6.07) is 5.27. The second-order valence-electron chi connectivity index (χ2n) is 15.3. The van der Waals surface area contributed by atoms with Crippen molar-refractivity contribution in [2.45, 2.75) is 229 Å². The average molecular weight is 914 g/mol. The Morgan fingerprint density at radius 2 is 0.446 bits per heavy atom. The van der Waals surface area contributed by atoms with E-state index in [-0.39, 0.29) is 41.6 Å². The van der Waals surface area contributed by atoms with Crippen LogP contribution in [0.15, 0.2) is 0 Å². The van der Waals surface area contributed by atoms with Crippen LogP contribution in [0.3, 0.4) is 0 Å². The summed E-state index contributed by atoms with van der Waals surface area (Å²) in [6.45, 7) is 27.0. The molecular formula is C42H66Fe2N3O6P3+6. The molecule has 0 radical (unpaired) electrons. The molecule has 56 heavy (non-hydrogen) atoms. The molecule has 0 aliphatic heterocycles. The molecule has 9 nitrogen and oxygen atoms in total. The fourth-order valence-corrected chi connectivity index (χ4v) is 20.3. The van der Waals surface area contributed by atoms with E-state index in [1.807, 2.05) is 16.8 Å². The maximum Gasteiger partial charge on any atom is 4.00 e. The molecule has 0 aromatic rings. The Bertz CT molecular complexity index is 876. The first-order chi connectivity index (χ1) is 26.9. The zero-order valence-electron chi connectivity index (χ0n) is 33.5. The summed E-state index contributed by atoms with van der Waals surface area (Å²) >= 11 is 0. The van der Waals surface area contributed by atoms with Gasteiger partial charge in [-0.15, -0.1) is 0 Å². The Balaban J connectivity index is -0.00000184. The maximum absolute atomic E-state index is 7.50. The summed E-state index contributed by atoms with van der Waals surface area (Å²) in [4.78, 5) is 0. The van der Waals surface area contributed by atoms with Crippen LogP contribution in [0.1, 0.15) is 193 Å². The largest absolute Gasteiger partial charge is 4.00 e. The third-order valence-corrected chi connectivity index (χ3v) is 20.3. The van der Waals surface area contributed by atoms with Crippen molar-refractivity contribution in [3.8, 4) is 0 Å². The van der Waals surface area contributed by atoms with E-state index in [4.69, 9.17) is 27.9 Å². The van der Waals surface area contributed by atoms with Crippen molar-refractivity contribution in [1.29, 1.82) is 0 Å². The van der Waals surface area contributed by atoms with E-state index in [2.05, 4.69) is 53.9 Å². The second-order valence-corrected chi connectivity index (χ2v) is 21.9. The number of hydrogen-bond donors (Lipinski definition) is 0. The van der Waals surface area contributed by atoms with E-state index in [0.717, 1.165) is 36.3 Å². The molecule has 0 unspecified atom stereocenters. The van der Waals surface area contributed by atoms with Gasteiger partial charge in [0, 0.05) is 12.1 Å².